The molecule has 0 spiro atoms. The van der Waals surface area contributed by atoms with Crippen molar-refractivity contribution >= 4 is 5.95 Å². The average Bonchev–Trinajstić information content (AvgIpc) is 2.56. The summed E-state index contributed by atoms with van der Waals surface area (Å²) < 4.78 is 0. The fraction of sp³-hybridized carbons (Fsp3) is 0.529. The molecule has 0 aromatic carbocycles. The molecule has 122 valence electrons. The highest BCUT2D eigenvalue weighted by molar-refractivity contribution is 5.26. The molecule has 6 heteroatoms. The number of likely N-dealkylation sites (tertiary alicyclic amines) is 1. The van der Waals surface area contributed by atoms with Crippen LogP contribution < -0.4 is 4.90 Å². The van der Waals surface area contributed by atoms with Crippen molar-refractivity contribution in [1.82, 2.24) is 24.8 Å². The lowest BCUT2D eigenvalue weighted by atomic mass is 9.93. The Labute approximate surface area is 137 Å². The molecule has 0 unspecified atom stereocenters. The van der Waals surface area contributed by atoms with Crippen molar-refractivity contribution in [1.29, 1.82) is 0 Å². The Hall–Kier alpha value is -2.08. The molecule has 2 aromatic heterocycles. The third-order valence-electron chi connectivity index (χ3n) is 4.28. The van der Waals surface area contributed by atoms with Gasteiger partial charge in [-0.05, 0) is 32.9 Å². The summed E-state index contributed by atoms with van der Waals surface area (Å²) >= 11 is 0. The number of piperidine rings is 1. The summed E-state index contributed by atoms with van der Waals surface area (Å²) in [4.78, 5) is 22.1. The van der Waals surface area contributed by atoms with Crippen LogP contribution in [0.4, 0.5) is 5.95 Å². The molecule has 3 rings (SSSR count). The fourth-order valence-corrected chi connectivity index (χ4v) is 2.99. The first-order valence-corrected chi connectivity index (χ1v) is 8.11. The van der Waals surface area contributed by atoms with Crippen LogP contribution in [0.25, 0.3) is 0 Å². The lowest BCUT2D eigenvalue weighted by molar-refractivity contribution is 0.202. The topological polar surface area (TPSA) is 58.0 Å². The first-order valence-electron chi connectivity index (χ1n) is 8.11. The molecule has 0 aliphatic carbocycles. The van der Waals surface area contributed by atoms with Gasteiger partial charge in [0.05, 0.1) is 11.4 Å². The number of nitrogens with zero attached hydrogens (tertiary/aromatic N) is 6. The first-order chi connectivity index (χ1) is 11.1. The van der Waals surface area contributed by atoms with Gasteiger partial charge in [0.2, 0.25) is 5.95 Å². The van der Waals surface area contributed by atoms with E-state index < -0.39 is 0 Å². The van der Waals surface area contributed by atoms with Crippen LogP contribution in [-0.4, -0.2) is 52.0 Å². The fourth-order valence-electron chi connectivity index (χ4n) is 2.99. The summed E-state index contributed by atoms with van der Waals surface area (Å²) in [7, 11) is 3.90. The standard InChI is InChI=1S/C17H24N6/c1-13-8-18-11-16(21-13)15-4-6-23(7-5-15)12-14-9-19-17(20-10-14)22(2)3/h8-11,15H,4-7,12H2,1-3H3. The van der Waals surface area contributed by atoms with E-state index in [1.807, 2.05) is 50.7 Å². The molecule has 0 radical (unpaired) electrons. The van der Waals surface area contributed by atoms with Crippen molar-refractivity contribution in [3.63, 3.8) is 0 Å². The van der Waals surface area contributed by atoms with E-state index in [0.717, 1.165) is 49.8 Å². The summed E-state index contributed by atoms with van der Waals surface area (Å²) in [5.74, 6) is 1.29. The first kappa shape index (κ1) is 15.8. The minimum absolute atomic E-state index is 0.533. The molecule has 3 heterocycles. The monoisotopic (exact) mass is 312 g/mol. The van der Waals surface area contributed by atoms with E-state index in [4.69, 9.17) is 0 Å². The number of rotatable bonds is 4. The van der Waals surface area contributed by atoms with Gasteiger partial charge in [-0.1, -0.05) is 0 Å². The minimum atomic E-state index is 0.533. The SMILES string of the molecule is Cc1cncc(C2CCN(Cc3cnc(N(C)C)nc3)CC2)n1. The van der Waals surface area contributed by atoms with Crippen LogP contribution in [0, 0.1) is 6.92 Å². The molecule has 1 aliphatic heterocycles. The van der Waals surface area contributed by atoms with Gasteiger partial charge in [-0.15, -0.1) is 0 Å². The summed E-state index contributed by atoms with van der Waals surface area (Å²) in [5.41, 5.74) is 3.32. The Balaban J connectivity index is 1.55. The molecule has 0 atom stereocenters. The molecular weight excluding hydrogens is 288 g/mol. The third kappa shape index (κ3) is 4.01. The van der Waals surface area contributed by atoms with Crippen LogP contribution in [0.3, 0.4) is 0 Å². The predicted molar refractivity (Wildman–Crippen MR) is 90.4 cm³/mol. The van der Waals surface area contributed by atoms with Crippen molar-refractivity contribution in [3.8, 4) is 0 Å². The van der Waals surface area contributed by atoms with Crippen molar-refractivity contribution in [2.24, 2.45) is 0 Å². The lowest BCUT2D eigenvalue weighted by Gasteiger charge is -2.31. The Bertz CT molecular complexity index is 632. The molecule has 23 heavy (non-hydrogen) atoms. The zero-order valence-corrected chi connectivity index (χ0v) is 14.1. The summed E-state index contributed by atoms with van der Waals surface area (Å²) in [6, 6.07) is 0. The zero-order chi connectivity index (χ0) is 16.2. The molecule has 0 bridgehead atoms. The second-order valence-electron chi connectivity index (χ2n) is 6.42. The van der Waals surface area contributed by atoms with Gasteiger partial charge in [0.1, 0.15) is 0 Å². The van der Waals surface area contributed by atoms with E-state index >= 15 is 0 Å². The van der Waals surface area contributed by atoms with E-state index in [2.05, 4.69) is 24.8 Å². The van der Waals surface area contributed by atoms with Crippen molar-refractivity contribution < 1.29 is 0 Å². The van der Waals surface area contributed by atoms with E-state index in [0.29, 0.717) is 5.92 Å². The maximum atomic E-state index is 4.63. The van der Waals surface area contributed by atoms with Crippen LogP contribution in [-0.2, 0) is 6.54 Å². The summed E-state index contributed by atoms with van der Waals surface area (Å²) in [6.07, 6.45) is 9.86. The Morgan fingerprint density at radius 3 is 2.39 bits per heavy atom. The zero-order valence-electron chi connectivity index (χ0n) is 14.1. The second kappa shape index (κ2) is 7.00. The summed E-state index contributed by atoms with van der Waals surface area (Å²) in [5, 5.41) is 0. The quantitative estimate of drug-likeness (QED) is 0.861. The highest BCUT2D eigenvalue weighted by Crippen LogP contribution is 2.27. The van der Waals surface area contributed by atoms with Crippen LogP contribution in [0.2, 0.25) is 0 Å². The van der Waals surface area contributed by atoms with E-state index in [1.165, 1.54) is 5.56 Å². The number of hydrogen-bond acceptors (Lipinski definition) is 6. The third-order valence-corrected chi connectivity index (χ3v) is 4.28. The van der Waals surface area contributed by atoms with Crippen molar-refractivity contribution in [2.75, 3.05) is 32.1 Å². The number of hydrogen-bond donors (Lipinski definition) is 0. The molecular formula is C17H24N6. The van der Waals surface area contributed by atoms with Crippen LogP contribution in [0.1, 0.15) is 35.7 Å². The van der Waals surface area contributed by atoms with Gasteiger partial charge in [-0.2, -0.15) is 0 Å². The molecule has 2 aromatic rings. The second-order valence-corrected chi connectivity index (χ2v) is 6.42. The van der Waals surface area contributed by atoms with Crippen LogP contribution >= 0.6 is 0 Å². The molecule has 0 saturated carbocycles. The Morgan fingerprint density at radius 2 is 1.78 bits per heavy atom. The maximum Gasteiger partial charge on any atom is 0.224 e. The number of anilines is 1. The van der Waals surface area contributed by atoms with E-state index in [9.17, 15) is 0 Å². The van der Waals surface area contributed by atoms with Gasteiger partial charge in [-0.3, -0.25) is 14.9 Å². The van der Waals surface area contributed by atoms with Gasteiger partial charge in [-0.25, -0.2) is 9.97 Å². The normalized spacial score (nSPS) is 16.5. The molecule has 0 amide bonds. The molecule has 1 saturated heterocycles. The number of aryl methyl sites for hydroxylation is 1. The average molecular weight is 312 g/mol. The number of aromatic nitrogens is 4. The van der Waals surface area contributed by atoms with Crippen LogP contribution in [0.5, 0.6) is 0 Å². The Morgan fingerprint density at radius 1 is 1.09 bits per heavy atom. The van der Waals surface area contributed by atoms with Crippen molar-refractivity contribution in [2.45, 2.75) is 32.2 Å². The van der Waals surface area contributed by atoms with Gasteiger partial charge >= 0.3 is 0 Å². The van der Waals surface area contributed by atoms with Crippen molar-refractivity contribution in [3.05, 3.63) is 41.7 Å². The summed E-state index contributed by atoms with van der Waals surface area (Å²) in [6.45, 7) is 5.08. The van der Waals surface area contributed by atoms with E-state index in [-0.39, 0.29) is 0 Å². The molecule has 6 nitrogen and oxygen atoms in total. The maximum absolute atomic E-state index is 4.63. The highest BCUT2D eigenvalue weighted by Gasteiger charge is 2.22. The van der Waals surface area contributed by atoms with Gasteiger partial charge < -0.3 is 4.90 Å². The van der Waals surface area contributed by atoms with Gasteiger partial charge in [0.25, 0.3) is 0 Å². The smallest absolute Gasteiger partial charge is 0.224 e. The Kier molecular flexibility index (Phi) is 4.81. The van der Waals surface area contributed by atoms with Crippen LogP contribution in [0.15, 0.2) is 24.8 Å². The molecule has 1 aliphatic rings. The highest BCUT2D eigenvalue weighted by atomic mass is 15.2. The molecule has 0 N–H and O–H groups in total. The van der Waals surface area contributed by atoms with Gasteiger partial charge in [0.15, 0.2) is 0 Å². The predicted octanol–water partition coefficient (Wildman–Crippen LogP) is 2.02. The lowest BCUT2D eigenvalue weighted by Crippen LogP contribution is -2.32. The molecule has 1 fully saturated rings. The van der Waals surface area contributed by atoms with Gasteiger partial charge in [0, 0.05) is 56.9 Å². The van der Waals surface area contributed by atoms with E-state index in [1.54, 1.807) is 0 Å². The minimum Gasteiger partial charge on any atom is -0.347 e. The largest absolute Gasteiger partial charge is 0.347 e.